The van der Waals surface area contributed by atoms with Gasteiger partial charge in [-0.2, -0.15) is 0 Å². The molecule has 0 heterocycles. The lowest BCUT2D eigenvalue weighted by atomic mass is 9.55. The van der Waals surface area contributed by atoms with Crippen LogP contribution in [0.5, 0.6) is 0 Å². The van der Waals surface area contributed by atoms with Crippen LogP contribution in [0.4, 0.5) is 0 Å². The van der Waals surface area contributed by atoms with Crippen molar-refractivity contribution in [1.82, 2.24) is 0 Å². The zero-order valence-electron chi connectivity index (χ0n) is 21.0. The molecule has 2 aromatic rings. The predicted molar refractivity (Wildman–Crippen MR) is 131 cm³/mol. The summed E-state index contributed by atoms with van der Waals surface area (Å²) in [7, 11) is 4.62. The molecule has 0 saturated carbocycles. The number of ether oxygens (including phenoxy) is 4. The Hall–Kier alpha value is -4.20. The Bertz CT molecular complexity index is 1120. The smallest absolute Gasteiger partial charge is 0.332 e. The van der Waals surface area contributed by atoms with Gasteiger partial charge in [-0.15, -0.1) is 0 Å². The molecule has 0 aromatic heterocycles. The summed E-state index contributed by atoms with van der Waals surface area (Å²) < 4.78 is 20.7. The van der Waals surface area contributed by atoms with E-state index >= 15 is 0 Å². The summed E-state index contributed by atoms with van der Waals surface area (Å²) in [6.07, 6.45) is 0. The first kappa shape index (κ1) is 26.4. The van der Waals surface area contributed by atoms with Gasteiger partial charge in [-0.05, 0) is 47.3 Å². The van der Waals surface area contributed by atoms with Crippen LogP contribution in [0.25, 0.3) is 11.1 Å². The van der Waals surface area contributed by atoms with E-state index in [0.717, 1.165) is 28.4 Å². The Morgan fingerprint density at radius 1 is 0.500 bits per heavy atom. The normalized spacial score (nSPS) is 16.2. The summed E-state index contributed by atoms with van der Waals surface area (Å²) in [6, 6.07) is 17.0. The molecule has 0 aliphatic heterocycles. The van der Waals surface area contributed by atoms with Gasteiger partial charge in [-0.25, -0.2) is 0 Å². The predicted octanol–water partition coefficient (Wildman–Crippen LogP) is 3.61. The minimum absolute atomic E-state index is 0.0765. The summed E-state index contributed by atoms with van der Waals surface area (Å²) in [4.78, 5) is 54.7. The van der Waals surface area contributed by atoms with E-state index in [9.17, 15) is 19.2 Å². The Morgan fingerprint density at radius 3 is 0.972 bits per heavy atom. The third kappa shape index (κ3) is 3.52. The van der Waals surface area contributed by atoms with E-state index in [4.69, 9.17) is 18.9 Å². The first-order valence-corrected chi connectivity index (χ1v) is 11.1. The molecule has 0 saturated heterocycles. The zero-order chi connectivity index (χ0) is 26.7. The number of rotatable bonds is 6. The average molecular weight is 493 g/mol. The summed E-state index contributed by atoms with van der Waals surface area (Å²) in [5.41, 5.74) is -3.13. The quantitative estimate of drug-likeness (QED) is 0.342. The SMILES string of the molecule is COC(=O)C1(C(=O)OC)C(C)=C(c2ccccc2)C(C(=O)OC)(C(=O)OC)C(C)=C1c1ccccc1. The second-order valence-electron chi connectivity index (χ2n) is 8.20. The lowest BCUT2D eigenvalue weighted by Gasteiger charge is -2.45. The van der Waals surface area contributed by atoms with Gasteiger partial charge in [0.15, 0.2) is 0 Å². The molecule has 188 valence electrons. The third-order valence-electron chi connectivity index (χ3n) is 6.72. The summed E-state index contributed by atoms with van der Waals surface area (Å²) in [5, 5.41) is 0. The largest absolute Gasteiger partial charge is 0.468 e. The molecule has 0 spiro atoms. The Kier molecular flexibility index (Phi) is 7.48. The van der Waals surface area contributed by atoms with Crippen molar-refractivity contribution >= 4 is 35.0 Å². The van der Waals surface area contributed by atoms with Crippen molar-refractivity contribution in [3.8, 4) is 0 Å². The number of benzene rings is 2. The van der Waals surface area contributed by atoms with Crippen LogP contribution in [0.15, 0.2) is 71.8 Å². The molecule has 8 nitrogen and oxygen atoms in total. The molecule has 0 amide bonds. The highest BCUT2D eigenvalue weighted by Crippen LogP contribution is 2.60. The standard InChI is InChI=1S/C28H28O8/c1-17-21(19-13-9-7-10-14-19)28(25(31)35-5,26(32)36-6)18(2)22(20-15-11-8-12-16-20)27(17,23(29)33-3)24(30)34-4/h7-16H,1-6H3. The van der Waals surface area contributed by atoms with E-state index in [1.54, 1.807) is 60.7 Å². The van der Waals surface area contributed by atoms with Crippen molar-refractivity contribution in [3.05, 3.63) is 82.9 Å². The second-order valence-corrected chi connectivity index (χ2v) is 8.20. The first-order valence-electron chi connectivity index (χ1n) is 11.1. The minimum atomic E-state index is -2.13. The fraction of sp³-hybridized carbons (Fsp3) is 0.286. The van der Waals surface area contributed by atoms with Crippen LogP contribution in [-0.2, 0) is 38.1 Å². The molecule has 0 radical (unpaired) electrons. The Balaban J connectivity index is 2.73. The molecular formula is C28H28O8. The lowest BCUT2D eigenvalue weighted by molar-refractivity contribution is -0.165. The van der Waals surface area contributed by atoms with Gasteiger partial charge >= 0.3 is 23.9 Å². The number of carbonyl (C=O) groups excluding carboxylic acids is 4. The highest BCUT2D eigenvalue weighted by molar-refractivity contribution is 6.25. The second kappa shape index (κ2) is 10.2. The average Bonchev–Trinajstić information content (AvgIpc) is 2.92. The summed E-state index contributed by atoms with van der Waals surface area (Å²) in [5.74, 6) is -3.72. The van der Waals surface area contributed by atoms with Crippen LogP contribution >= 0.6 is 0 Å². The van der Waals surface area contributed by atoms with Crippen LogP contribution in [0.1, 0.15) is 25.0 Å². The van der Waals surface area contributed by atoms with Gasteiger partial charge in [-0.1, -0.05) is 60.7 Å². The fourth-order valence-electron chi connectivity index (χ4n) is 5.19. The van der Waals surface area contributed by atoms with Crippen LogP contribution < -0.4 is 0 Å². The summed E-state index contributed by atoms with van der Waals surface area (Å²) in [6.45, 7) is 3.01. The van der Waals surface area contributed by atoms with Crippen molar-refractivity contribution in [2.75, 3.05) is 28.4 Å². The molecule has 8 heteroatoms. The van der Waals surface area contributed by atoms with Crippen LogP contribution in [0.3, 0.4) is 0 Å². The van der Waals surface area contributed by atoms with Gasteiger partial charge in [0, 0.05) is 0 Å². The number of methoxy groups -OCH3 is 4. The molecule has 1 aliphatic carbocycles. The molecule has 2 aromatic carbocycles. The molecule has 36 heavy (non-hydrogen) atoms. The van der Waals surface area contributed by atoms with Gasteiger partial charge in [0.2, 0.25) is 10.8 Å². The van der Waals surface area contributed by atoms with Gasteiger partial charge in [0.05, 0.1) is 28.4 Å². The maximum absolute atomic E-state index is 13.7. The lowest BCUT2D eigenvalue weighted by Crippen LogP contribution is -2.53. The summed E-state index contributed by atoms with van der Waals surface area (Å²) >= 11 is 0. The van der Waals surface area contributed by atoms with Crippen molar-refractivity contribution in [2.45, 2.75) is 13.8 Å². The van der Waals surface area contributed by atoms with E-state index in [1.165, 1.54) is 13.8 Å². The van der Waals surface area contributed by atoms with Crippen LogP contribution in [-0.4, -0.2) is 52.3 Å². The zero-order valence-corrected chi connectivity index (χ0v) is 21.0. The number of hydrogen-bond donors (Lipinski definition) is 0. The Labute approximate surface area is 209 Å². The number of hydrogen-bond acceptors (Lipinski definition) is 8. The maximum Gasteiger partial charge on any atom is 0.332 e. The molecule has 3 rings (SSSR count). The first-order chi connectivity index (χ1) is 17.2. The molecule has 1 aliphatic rings. The van der Waals surface area contributed by atoms with Crippen LogP contribution in [0, 0.1) is 10.8 Å². The molecular weight excluding hydrogens is 464 g/mol. The number of esters is 4. The van der Waals surface area contributed by atoms with E-state index in [2.05, 4.69) is 0 Å². The monoisotopic (exact) mass is 492 g/mol. The topological polar surface area (TPSA) is 105 Å². The number of carbonyl (C=O) groups is 4. The van der Waals surface area contributed by atoms with Gasteiger partial charge < -0.3 is 18.9 Å². The highest BCUT2D eigenvalue weighted by atomic mass is 16.6. The minimum Gasteiger partial charge on any atom is -0.468 e. The van der Waals surface area contributed by atoms with Gasteiger partial charge in [0.1, 0.15) is 0 Å². The van der Waals surface area contributed by atoms with Crippen molar-refractivity contribution in [3.63, 3.8) is 0 Å². The molecule has 0 fully saturated rings. The van der Waals surface area contributed by atoms with Crippen LogP contribution in [0.2, 0.25) is 0 Å². The molecule has 0 bridgehead atoms. The third-order valence-corrected chi connectivity index (χ3v) is 6.72. The molecule has 0 unspecified atom stereocenters. The van der Waals surface area contributed by atoms with Gasteiger partial charge in [0.25, 0.3) is 0 Å². The maximum atomic E-state index is 13.7. The molecule has 0 atom stereocenters. The van der Waals surface area contributed by atoms with Crippen molar-refractivity contribution in [1.29, 1.82) is 0 Å². The fourth-order valence-corrected chi connectivity index (χ4v) is 5.19. The molecule has 0 N–H and O–H groups in total. The van der Waals surface area contributed by atoms with E-state index < -0.39 is 34.7 Å². The van der Waals surface area contributed by atoms with E-state index in [0.29, 0.717) is 11.1 Å². The Morgan fingerprint density at radius 2 is 0.750 bits per heavy atom. The van der Waals surface area contributed by atoms with E-state index in [1.807, 2.05) is 0 Å². The van der Waals surface area contributed by atoms with Gasteiger partial charge in [-0.3, -0.25) is 19.2 Å². The van der Waals surface area contributed by atoms with Crippen molar-refractivity contribution in [2.24, 2.45) is 10.8 Å². The van der Waals surface area contributed by atoms with Crippen molar-refractivity contribution < 1.29 is 38.1 Å². The van der Waals surface area contributed by atoms with E-state index in [-0.39, 0.29) is 22.3 Å². The highest BCUT2D eigenvalue weighted by Gasteiger charge is 2.66.